The Labute approximate surface area is 253 Å². The molecule has 0 saturated carbocycles. The van der Waals surface area contributed by atoms with Crippen LogP contribution in [0.25, 0.3) is 22.3 Å². The number of phosphoric acid groups is 1. The Morgan fingerprint density at radius 2 is 1.59 bits per heavy atom. The Balaban J connectivity index is 1.20. The molecule has 0 spiro atoms. The van der Waals surface area contributed by atoms with Gasteiger partial charge in [0.25, 0.3) is 5.56 Å². The van der Waals surface area contributed by atoms with Crippen molar-refractivity contribution in [3.05, 3.63) is 29.3 Å². The third-order valence-corrected chi connectivity index (χ3v) is 9.46. The zero-order valence-electron chi connectivity index (χ0n) is 23.0. The van der Waals surface area contributed by atoms with Crippen LogP contribution in [0.5, 0.6) is 0 Å². The lowest BCUT2D eigenvalue weighted by atomic mass is 10.1. The number of rotatable bonds is 2. The van der Waals surface area contributed by atoms with E-state index in [4.69, 9.17) is 39.2 Å². The third kappa shape index (κ3) is 5.47. The lowest BCUT2D eigenvalue weighted by Gasteiger charge is -2.25. The van der Waals surface area contributed by atoms with Crippen molar-refractivity contribution >= 4 is 49.5 Å². The quantitative estimate of drug-likeness (QED) is 0.168. The number of halogens is 2. The largest absolute Gasteiger partial charge is 0.472 e. The summed E-state index contributed by atoms with van der Waals surface area (Å²) in [7, 11) is -9.92. The molecule has 0 aromatic carbocycles. The second-order valence-electron chi connectivity index (χ2n) is 10.4. The smallest absolute Gasteiger partial charge is 0.382 e. The van der Waals surface area contributed by atoms with Crippen LogP contribution in [0.3, 0.4) is 0 Å². The van der Waals surface area contributed by atoms with E-state index in [-0.39, 0.29) is 34.1 Å². The molecular formula is C21H24F2N10O11P2. The first-order chi connectivity index (χ1) is 21.8. The normalized spacial score (nSPS) is 37.4. The second-order valence-corrected chi connectivity index (χ2v) is 13.6. The summed E-state index contributed by atoms with van der Waals surface area (Å²) in [6.45, 7) is -1.77. The number of H-pyrrole nitrogens is 1. The summed E-state index contributed by atoms with van der Waals surface area (Å²) < 4.78 is 92.1. The number of fused-ring (bicyclic) bond motifs is 5. The van der Waals surface area contributed by atoms with Gasteiger partial charge in [0, 0.05) is 0 Å². The van der Waals surface area contributed by atoms with Gasteiger partial charge in [0.15, 0.2) is 47.4 Å². The number of aromatic nitrogens is 8. The van der Waals surface area contributed by atoms with Gasteiger partial charge in [-0.25, -0.2) is 33.3 Å². The molecule has 7 rings (SSSR count). The van der Waals surface area contributed by atoms with E-state index in [2.05, 4.69) is 29.9 Å². The molecule has 2 bridgehead atoms. The van der Waals surface area contributed by atoms with Crippen LogP contribution in [0.1, 0.15) is 12.5 Å². The highest BCUT2D eigenvalue weighted by molar-refractivity contribution is 7.52. The molecular weight excluding hydrogens is 668 g/mol. The molecule has 7 N–H and O–H groups in total. The summed E-state index contributed by atoms with van der Waals surface area (Å²) in [6.07, 6.45) is -12.0. The summed E-state index contributed by atoms with van der Waals surface area (Å²) in [6, 6.07) is 0. The van der Waals surface area contributed by atoms with Crippen LogP contribution in [0.4, 0.5) is 20.5 Å². The molecule has 21 nitrogen and oxygen atoms in total. The number of nitrogens with two attached hydrogens (primary N) is 2. The van der Waals surface area contributed by atoms with Gasteiger partial charge >= 0.3 is 15.4 Å². The van der Waals surface area contributed by atoms with Gasteiger partial charge < -0.3 is 40.0 Å². The number of hydrogen-bond donors (Lipinski definition) is 5. The van der Waals surface area contributed by atoms with E-state index in [0.29, 0.717) is 0 Å². The minimum absolute atomic E-state index is 0.00425. The molecule has 7 heterocycles. The number of aromatic amines is 1. The molecule has 5 unspecified atom stereocenters. The van der Waals surface area contributed by atoms with Crippen LogP contribution >= 0.6 is 15.4 Å². The van der Waals surface area contributed by atoms with E-state index < -0.39 is 89.8 Å². The number of phosphoric ester groups is 1. The Morgan fingerprint density at radius 3 is 2.37 bits per heavy atom. The second kappa shape index (κ2) is 11.3. The third-order valence-electron chi connectivity index (χ3n) is 7.44. The highest BCUT2D eigenvalue weighted by atomic mass is 31.2. The standard InChI is InChI=1S/C21H24F2N10O11P2/c22-9-7-1-40-45(35,36)6-39-13-8(43-19(10(13)23)32-4-28-11-15(24)26-3-27-16(11)32)2-41-46(37,38)44-14(9)20(42-7)33-5-29-12-17(33)30-21(25)31-18(12)34/h3-5,7-10,13-14,19-20H,1-2,6H2,(H,35,36)(H,37,38)(H2,24,26,27)(H3,25,30,31,34)/t7-,8-,9?,10?,13?,14+,19-,20-/m1/s1. The molecule has 4 aromatic heterocycles. The van der Waals surface area contributed by atoms with Crippen LogP contribution in [0.2, 0.25) is 0 Å². The minimum Gasteiger partial charge on any atom is -0.382 e. The molecule has 25 heteroatoms. The van der Waals surface area contributed by atoms with E-state index in [9.17, 15) is 23.7 Å². The van der Waals surface area contributed by atoms with Gasteiger partial charge in [0.2, 0.25) is 5.95 Å². The zero-order chi connectivity index (χ0) is 32.5. The van der Waals surface area contributed by atoms with Crippen molar-refractivity contribution < 1.29 is 55.5 Å². The lowest BCUT2D eigenvalue weighted by molar-refractivity contribution is -0.0620. The first kappa shape index (κ1) is 31.1. The molecule has 3 saturated heterocycles. The lowest BCUT2D eigenvalue weighted by Crippen LogP contribution is -2.36. The number of anilines is 2. The van der Waals surface area contributed by atoms with Crippen LogP contribution in [-0.2, 0) is 36.9 Å². The SMILES string of the molecule is Nc1nc2c(ncn2[C@@H]2O[C@@H]3COP(=O)(O)COC4C(F)[C@H](n5cnc6c(N)ncnc65)O[C@@H]4COP(=O)(O)O[C@H]2C3F)c(=O)[nH]1. The van der Waals surface area contributed by atoms with Gasteiger partial charge in [0.05, 0.1) is 25.9 Å². The molecule has 0 radical (unpaired) electrons. The summed E-state index contributed by atoms with van der Waals surface area (Å²) in [5.41, 5.74) is 10.5. The number of nitrogens with one attached hydrogen (secondary N) is 1. The first-order valence-electron chi connectivity index (χ1n) is 13.3. The van der Waals surface area contributed by atoms with Crippen molar-refractivity contribution in [2.24, 2.45) is 0 Å². The average Bonchev–Trinajstić information content (AvgIpc) is 3.75. The maximum absolute atomic E-state index is 15.9. The Morgan fingerprint density at radius 1 is 0.891 bits per heavy atom. The minimum atomic E-state index is -5.21. The van der Waals surface area contributed by atoms with Gasteiger partial charge in [0.1, 0.15) is 42.6 Å². The fourth-order valence-corrected chi connectivity index (χ4v) is 7.10. The van der Waals surface area contributed by atoms with E-state index in [0.717, 1.165) is 17.2 Å². The molecule has 3 fully saturated rings. The first-order valence-corrected chi connectivity index (χ1v) is 16.6. The molecule has 4 aromatic rings. The van der Waals surface area contributed by atoms with E-state index in [1.807, 2.05) is 0 Å². The predicted molar refractivity (Wildman–Crippen MR) is 146 cm³/mol. The molecule has 3 aliphatic heterocycles. The summed E-state index contributed by atoms with van der Waals surface area (Å²) >= 11 is 0. The van der Waals surface area contributed by atoms with Gasteiger partial charge in [-0.05, 0) is 0 Å². The van der Waals surface area contributed by atoms with Gasteiger partial charge in [-0.3, -0.25) is 32.5 Å². The summed E-state index contributed by atoms with van der Waals surface area (Å²) in [4.78, 5) is 55.4. The maximum atomic E-state index is 15.9. The number of hydrogen-bond acceptors (Lipinski definition) is 16. The Hall–Kier alpha value is -3.50. The fraction of sp³-hybridized carbons (Fsp3) is 0.524. The molecule has 46 heavy (non-hydrogen) atoms. The van der Waals surface area contributed by atoms with Crippen molar-refractivity contribution in [1.82, 2.24) is 39.0 Å². The van der Waals surface area contributed by atoms with Crippen molar-refractivity contribution in [2.45, 2.75) is 49.2 Å². The number of nitrogen functional groups attached to an aromatic ring is 2. The molecule has 0 amide bonds. The predicted octanol–water partition coefficient (Wildman–Crippen LogP) is -0.345. The van der Waals surface area contributed by atoms with E-state index in [1.165, 1.54) is 10.9 Å². The highest BCUT2D eigenvalue weighted by Crippen LogP contribution is 2.52. The van der Waals surface area contributed by atoms with Crippen LogP contribution < -0.4 is 17.0 Å². The van der Waals surface area contributed by atoms with Crippen molar-refractivity contribution in [3.8, 4) is 0 Å². The van der Waals surface area contributed by atoms with Crippen LogP contribution in [0, 0.1) is 0 Å². The number of ether oxygens (including phenoxy) is 3. The average molecular weight is 692 g/mol. The highest BCUT2D eigenvalue weighted by Gasteiger charge is 2.53. The van der Waals surface area contributed by atoms with E-state index in [1.54, 1.807) is 0 Å². The van der Waals surface area contributed by atoms with Crippen molar-refractivity contribution in [1.29, 1.82) is 0 Å². The molecule has 248 valence electrons. The van der Waals surface area contributed by atoms with E-state index >= 15 is 8.78 Å². The number of nitrogens with zero attached hydrogens (tertiary/aromatic N) is 7. The molecule has 3 aliphatic rings. The number of imidazole rings is 2. The topological polar surface area (TPSA) is 289 Å². The summed E-state index contributed by atoms with van der Waals surface area (Å²) in [5.74, 6) is -0.318. The Kier molecular flexibility index (Phi) is 7.67. The maximum Gasteiger partial charge on any atom is 0.472 e. The van der Waals surface area contributed by atoms with Crippen LogP contribution in [-0.4, -0.2) is 105 Å². The van der Waals surface area contributed by atoms with Gasteiger partial charge in [-0.2, -0.15) is 4.98 Å². The molecule has 10 atom stereocenters. The summed E-state index contributed by atoms with van der Waals surface area (Å²) in [5, 5.41) is 0. The zero-order valence-corrected chi connectivity index (χ0v) is 24.8. The fourth-order valence-electron chi connectivity index (χ4n) is 5.36. The van der Waals surface area contributed by atoms with Crippen molar-refractivity contribution in [3.63, 3.8) is 0 Å². The monoisotopic (exact) mass is 692 g/mol. The van der Waals surface area contributed by atoms with Crippen molar-refractivity contribution in [2.75, 3.05) is 31.0 Å². The Bertz CT molecular complexity index is 1960. The number of alkyl halides is 2. The molecule has 0 aliphatic carbocycles. The van der Waals surface area contributed by atoms with Crippen LogP contribution in [0.15, 0.2) is 23.8 Å². The van der Waals surface area contributed by atoms with Gasteiger partial charge in [-0.1, -0.05) is 0 Å². The van der Waals surface area contributed by atoms with Gasteiger partial charge in [-0.15, -0.1) is 0 Å².